The van der Waals surface area contributed by atoms with Crippen molar-refractivity contribution in [3.05, 3.63) is 0 Å². The molecule has 0 bridgehead atoms. The van der Waals surface area contributed by atoms with Gasteiger partial charge in [0.25, 0.3) is 0 Å². The third kappa shape index (κ3) is 8.63. The molecular weight excluding hydrogens is 178 g/mol. The molecule has 0 fully saturated rings. The predicted octanol–water partition coefficient (Wildman–Crippen LogP) is 3.30. The molecule has 0 saturated heterocycles. The van der Waals surface area contributed by atoms with Crippen LogP contribution in [0.15, 0.2) is 0 Å². The van der Waals surface area contributed by atoms with Gasteiger partial charge in [0.2, 0.25) is 0 Å². The standard InChI is InChI=1S/C11H25NS/c1-4-9-13-10-7-8-11(5-2)12-6-3/h11-12H,4-10H2,1-3H3. The van der Waals surface area contributed by atoms with Gasteiger partial charge in [0.1, 0.15) is 0 Å². The van der Waals surface area contributed by atoms with Gasteiger partial charge in [-0.1, -0.05) is 20.8 Å². The lowest BCUT2D eigenvalue weighted by molar-refractivity contribution is 0.477. The van der Waals surface area contributed by atoms with E-state index in [1.165, 1.54) is 37.2 Å². The van der Waals surface area contributed by atoms with E-state index in [4.69, 9.17) is 0 Å². The molecule has 0 aromatic carbocycles. The Hall–Kier alpha value is 0.310. The van der Waals surface area contributed by atoms with Crippen LogP contribution in [0.25, 0.3) is 0 Å². The summed E-state index contributed by atoms with van der Waals surface area (Å²) >= 11 is 2.10. The SMILES string of the molecule is CCCSCCCC(CC)NCC. The maximum absolute atomic E-state index is 3.51. The molecule has 80 valence electrons. The van der Waals surface area contributed by atoms with Crippen LogP contribution in [0.3, 0.4) is 0 Å². The molecule has 1 N–H and O–H groups in total. The van der Waals surface area contributed by atoms with Crippen LogP contribution in [-0.4, -0.2) is 24.1 Å². The molecule has 0 amide bonds. The van der Waals surface area contributed by atoms with Gasteiger partial charge in [-0.2, -0.15) is 11.8 Å². The first-order valence-electron chi connectivity index (χ1n) is 5.66. The molecule has 1 nitrogen and oxygen atoms in total. The lowest BCUT2D eigenvalue weighted by Gasteiger charge is -2.14. The number of thioether (sulfide) groups is 1. The summed E-state index contributed by atoms with van der Waals surface area (Å²) in [6.07, 6.45) is 5.30. The highest BCUT2D eigenvalue weighted by molar-refractivity contribution is 7.99. The summed E-state index contributed by atoms with van der Waals surface area (Å²) in [4.78, 5) is 0. The van der Waals surface area contributed by atoms with E-state index in [0.717, 1.165) is 12.6 Å². The van der Waals surface area contributed by atoms with Crippen molar-refractivity contribution in [2.75, 3.05) is 18.1 Å². The second kappa shape index (κ2) is 10.4. The van der Waals surface area contributed by atoms with E-state index in [9.17, 15) is 0 Å². The molecule has 0 aliphatic carbocycles. The van der Waals surface area contributed by atoms with Crippen LogP contribution >= 0.6 is 11.8 Å². The molecule has 0 radical (unpaired) electrons. The van der Waals surface area contributed by atoms with Crippen molar-refractivity contribution in [2.24, 2.45) is 0 Å². The fourth-order valence-corrected chi connectivity index (χ4v) is 2.28. The van der Waals surface area contributed by atoms with Gasteiger partial charge < -0.3 is 5.32 Å². The van der Waals surface area contributed by atoms with Crippen LogP contribution in [0.1, 0.15) is 46.5 Å². The highest BCUT2D eigenvalue weighted by atomic mass is 32.2. The average Bonchev–Trinajstić information content (AvgIpc) is 2.16. The molecule has 0 heterocycles. The Morgan fingerprint density at radius 2 is 1.92 bits per heavy atom. The van der Waals surface area contributed by atoms with Gasteiger partial charge in [-0.15, -0.1) is 0 Å². The fraction of sp³-hybridized carbons (Fsp3) is 1.00. The van der Waals surface area contributed by atoms with Crippen LogP contribution in [-0.2, 0) is 0 Å². The minimum atomic E-state index is 0.757. The largest absolute Gasteiger partial charge is 0.314 e. The maximum Gasteiger partial charge on any atom is 0.00646 e. The van der Waals surface area contributed by atoms with Gasteiger partial charge >= 0.3 is 0 Å². The van der Waals surface area contributed by atoms with Gasteiger partial charge in [-0.3, -0.25) is 0 Å². The average molecular weight is 203 g/mol. The van der Waals surface area contributed by atoms with Crippen molar-refractivity contribution < 1.29 is 0 Å². The topological polar surface area (TPSA) is 12.0 Å². The Morgan fingerprint density at radius 1 is 1.15 bits per heavy atom. The minimum Gasteiger partial charge on any atom is -0.314 e. The highest BCUT2D eigenvalue weighted by Crippen LogP contribution is 2.08. The molecule has 1 unspecified atom stereocenters. The van der Waals surface area contributed by atoms with E-state index in [1.807, 2.05) is 0 Å². The van der Waals surface area contributed by atoms with Crippen LogP contribution in [0.5, 0.6) is 0 Å². The molecule has 0 aliphatic rings. The zero-order valence-corrected chi connectivity index (χ0v) is 10.3. The van der Waals surface area contributed by atoms with E-state index in [2.05, 4.69) is 37.8 Å². The van der Waals surface area contributed by atoms with E-state index < -0.39 is 0 Å². The van der Waals surface area contributed by atoms with Gasteiger partial charge in [0.05, 0.1) is 0 Å². The van der Waals surface area contributed by atoms with Crippen LogP contribution in [0.2, 0.25) is 0 Å². The number of rotatable bonds is 9. The summed E-state index contributed by atoms with van der Waals surface area (Å²) < 4.78 is 0. The van der Waals surface area contributed by atoms with Crippen molar-refractivity contribution >= 4 is 11.8 Å². The highest BCUT2D eigenvalue weighted by Gasteiger charge is 2.02. The molecule has 13 heavy (non-hydrogen) atoms. The molecule has 1 atom stereocenters. The monoisotopic (exact) mass is 203 g/mol. The van der Waals surface area contributed by atoms with Gasteiger partial charge in [0.15, 0.2) is 0 Å². The van der Waals surface area contributed by atoms with Gasteiger partial charge in [-0.25, -0.2) is 0 Å². The quantitative estimate of drug-likeness (QED) is 0.577. The van der Waals surface area contributed by atoms with Crippen LogP contribution < -0.4 is 5.32 Å². The summed E-state index contributed by atoms with van der Waals surface area (Å²) in [5.74, 6) is 2.67. The third-order valence-corrected chi connectivity index (χ3v) is 3.45. The zero-order valence-electron chi connectivity index (χ0n) is 9.44. The van der Waals surface area contributed by atoms with Gasteiger partial charge in [-0.05, 0) is 43.7 Å². The predicted molar refractivity (Wildman–Crippen MR) is 64.6 cm³/mol. The number of nitrogens with one attached hydrogen (secondary N) is 1. The summed E-state index contributed by atoms with van der Waals surface area (Å²) in [5, 5.41) is 3.51. The van der Waals surface area contributed by atoms with Crippen molar-refractivity contribution in [2.45, 2.75) is 52.5 Å². The molecule has 0 aliphatic heterocycles. The molecule has 0 spiro atoms. The molecule has 0 saturated carbocycles. The smallest absolute Gasteiger partial charge is 0.00646 e. The summed E-state index contributed by atoms with van der Waals surface area (Å²) in [6.45, 7) is 7.82. The lowest BCUT2D eigenvalue weighted by atomic mass is 10.1. The fourth-order valence-electron chi connectivity index (χ4n) is 1.42. The second-order valence-corrected chi connectivity index (χ2v) is 4.64. The van der Waals surface area contributed by atoms with Crippen LogP contribution in [0.4, 0.5) is 0 Å². The normalized spacial score (nSPS) is 13.2. The third-order valence-electron chi connectivity index (χ3n) is 2.18. The number of hydrogen-bond acceptors (Lipinski definition) is 2. The molecule has 0 aromatic rings. The van der Waals surface area contributed by atoms with E-state index in [1.54, 1.807) is 0 Å². The van der Waals surface area contributed by atoms with Crippen LogP contribution in [0, 0.1) is 0 Å². The first kappa shape index (κ1) is 13.3. The Bertz CT molecular complexity index is 96.1. The first-order valence-corrected chi connectivity index (χ1v) is 6.81. The molecular formula is C11H25NS. The Balaban J connectivity index is 3.17. The van der Waals surface area contributed by atoms with Crippen molar-refractivity contribution in [1.82, 2.24) is 5.32 Å². The molecule has 2 heteroatoms. The Morgan fingerprint density at radius 3 is 2.46 bits per heavy atom. The molecule has 0 aromatic heterocycles. The van der Waals surface area contributed by atoms with E-state index in [0.29, 0.717) is 0 Å². The van der Waals surface area contributed by atoms with Crippen molar-refractivity contribution in [3.63, 3.8) is 0 Å². The van der Waals surface area contributed by atoms with E-state index >= 15 is 0 Å². The Labute approximate surface area is 88.1 Å². The van der Waals surface area contributed by atoms with Crippen molar-refractivity contribution in [3.8, 4) is 0 Å². The summed E-state index contributed by atoms with van der Waals surface area (Å²) in [5.41, 5.74) is 0. The lowest BCUT2D eigenvalue weighted by Crippen LogP contribution is -2.28. The maximum atomic E-state index is 3.51. The minimum absolute atomic E-state index is 0.757. The van der Waals surface area contributed by atoms with E-state index in [-0.39, 0.29) is 0 Å². The summed E-state index contributed by atoms with van der Waals surface area (Å²) in [7, 11) is 0. The molecule has 0 rings (SSSR count). The Kier molecular flexibility index (Phi) is 10.6. The van der Waals surface area contributed by atoms with Gasteiger partial charge in [0, 0.05) is 6.04 Å². The van der Waals surface area contributed by atoms with Crippen molar-refractivity contribution in [1.29, 1.82) is 0 Å². The second-order valence-electron chi connectivity index (χ2n) is 3.42. The first-order chi connectivity index (χ1) is 6.35. The summed E-state index contributed by atoms with van der Waals surface area (Å²) in [6, 6.07) is 0.757. The number of hydrogen-bond donors (Lipinski definition) is 1. The zero-order chi connectivity index (χ0) is 9.94.